The van der Waals surface area contributed by atoms with Gasteiger partial charge >= 0.3 is 0 Å². The molecule has 0 aromatic heterocycles. The maximum Gasteiger partial charge on any atom is 0.0434 e. The number of aliphatic hydroxyl groups excluding tert-OH is 1. The van der Waals surface area contributed by atoms with E-state index in [4.69, 9.17) is 0 Å². The Morgan fingerprint density at radius 1 is 0.947 bits per heavy atom. The summed E-state index contributed by atoms with van der Waals surface area (Å²) in [5.74, 6) is 0.709. The van der Waals surface area contributed by atoms with E-state index in [0.717, 1.165) is 18.5 Å². The zero-order valence-electron chi connectivity index (χ0n) is 12.2. The molecule has 3 aliphatic rings. The van der Waals surface area contributed by atoms with Crippen molar-refractivity contribution in [1.82, 2.24) is 10.2 Å². The highest BCUT2D eigenvalue weighted by Crippen LogP contribution is 2.32. The number of likely N-dealkylation sites (tertiary alicyclic amines) is 1. The third-order valence-electron chi connectivity index (χ3n) is 5.24. The van der Waals surface area contributed by atoms with Crippen molar-refractivity contribution in [2.45, 2.75) is 75.9 Å². The Labute approximate surface area is 117 Å². The predicted molar refractivity (Wildman–Crippen MR) is 78.2 cm³/mol. The molecule has 2 atom stereocenters. The van der Waals surface area contributed by atoms with E-state index in [-0.39, 0.29) is 0 Å². The van der Waals surface area contributed by atoms with Crippen LogP contribution in [-0.4, -0.2) is 47.8 Å². The van der Waals surface area contributed by atoms with Crippen molar-refractivity contribution in [1.29, 1.82) is 0 Å². The Bertz CT molecular complexity index is 274. The van der Waals surface area contributed by atoms with E-state index in [0.29, 0.717) is 18.6 Å². The first-order chi connectivity index (χ1) is 9.35. The summed E-state index contributed by atoms with van der Waals surface area (Å²) in [6, 6.07) is 2.32. The Balaban J connectivity index is 1.52. The summed E-state index contributed by atoms with van der Waals surface area (Å²) in [6.07, 6.45) is 12.1. The van der Waals surface area contributed by atoms with Crippen LogP contribution in [-0.2, 0) is 0 Å². The van der Waals surface area contributed by atoms with Gasteiger partial charge in [0.25, 0.3) is 0 Å². The lowest BCUT2D eigenvalue weighted by Gasteiger charge is -2.40. The van der Waals surface area contributed by atoms with Crippen molar-refractivity contribution in [3.8, 4) is 0 Å². The van der Waals surface area contributed by atoms with Crippen LogP contribution < -0.4 is 5.32 Å². The van der Waals surface area contributed by atoms with Crippen LogP contribution in [0.4, 0.5) is 0 Å². The summed E-state index contributed by atoms with van der Waals surface area (Å²) in [5, 5.41) is 13.2. The molecule has 0 radical (unpaired) electrons. The molecule has 0 amide bonds. The molecule has 3 nitrogen and oxygen atoms in total. The zero-order chi connectivity index (χ0) is 13.1. The van der Waals surface area contributed by atoms with Crippen LogP contribution in [0.3, 0.4) is 0 Å². The molecule has 3 rings (SSSR count). The number of hydrogen-bond donors (Lipinski definition) is 2. The molecule has 2 unspecified atom stereocenters. The molecular formula is C16H30N2O. The summed E-state index contributed by atoms with van der Waals surface area (Å²) in [6.45, 7) is 2.84. The van der Waals surface area contributed by atoms with Gasteiger partial charge in [0, 0.05) is 37.8 Å². The number of nitrogens with one attached hydrogen (secondary N) is 1. The summed E-state index contributed by atoms with van der Waals surface area (Å²) in [5.41, 5.74) is 0. The topological polar surface area (TPSA) is 35.5 Å². The largest absolute Gasteiger partial charge is 0.396 e. The van der Waals surface area contributed by atoms with E-state index in [1.807, 2.05) is 0 Å². The minimum atomic E-state index is 0.360. The second-order valence-corrected chi connectivity index (χ2v) is 7.00. The quantitative estimate of drug-likeness (QED) is 0.800. The van der Waals surface area contributed by atoms with Crippen LogP contribution >= 0.6 is 0 Å². The highest BCUT2D eigenvalue weighted by Gasteiger charge is 2.36. The highest BCUT2D eigenvalue weighted by molar-refractivity contribution is 4.93. The maximum absolute atomic E-state index is 9.23. The molecule has 0 aromatic carbocycles. The number of piperidine rings is 1. The second kappa shape index (κ2) is 6.55. The van der Waals surface area contributed by atoms with Gasteiger partial charge in [-0.1, -0.05) is 19.3 Å². The van der Waals surface area contributed by atoms with Gasteiger partial charge in [-0.2, -0.15) is 0 Å². The van der Waals surface area contributed by atoms with E-state index in [9.17, 15) is 5.11 Å². The van der Waals surface area contributed by atoms with Crippen molar-refractivity contribution >= 4 is 0 Å². The number of aliphatic hydroxyl groups is 1. The number of nitrogens with zero attached hydrogens (tertiary/aromatic N) is 1. The minimum absolute atomic E-state index is 0.360. The average molecular weight is 266 g/mol. The third kappa shape index (κ3) is 3.93. The van der Waals surface area contributed by atoms with Gasteiger partial charge in [0.15, 0.2) is 0 Å². The first kappa shape index (κ1) is 13.8. The molecule has 2 aliphatic carbocycles. The van der Waals surface area contributed by atoms with E-state index in [2.05, 4.69) is 10.2 Å². The monoisotopic (exact) mass is 266 g/mol. The van der Waals surface area contributed by atoms with Gasteiger partial charge in [-0.15, -0.1) is 0 Å². The molecule has 0 bridgehead atoms. The minimum Gasteiger partial charge on any atom is -0.396 e. The fourth-order valence-electron chi connectivity index (χ4n) is 4.09. The fraction of sp³-hybridized carbons (Fsp3) is 1.00. The summed E-state index contributed by atoms with van der Waals surface area (Å²) < 4.78 is 0. The van der Waals surface area contributed by atoms with Gasteiger partial charge in [0.1, 0.15) is 0 Å². The number of hydrogen-bond acceptors (Lipinski definition) is 3. The zero-order valence-corrected chi connectivity index (χ0v) is 12.2. The molecule has 1 heterocycles. The molecule has 19 heavy (non-hydrogen) atoms. The molecule has 3 fully saturated rings. The van der Waals surface area contributed by atoms with E-state index < -0.39 is 0 Å². The first-order valence-corrected chi connectivity index (χ1v) is 8.46. The maximum atomic E-state index is 9.23. The van der Waals surface area contributed by atoms with Crippen molar-refractivity contribution in [2.75, 3.05) is 19.7 Å². The van der Waals surface area contributed by atoms with Crippen LogP contribution in [0.25, 0.3) is 0 Å². The molecule has 3 heteroatoms. The van der Waals surface area contributed by atoms with Crippen molar-refractivity contribution in [3.63, 3.8) is 0 Å². The molecule has 110 valence electrons. The molecule has 2 N–H and O–H groups in total. The molecular weight excluding hydrogens is 236 g/mol. The standard InChI is InChI=1S/C16H30N2O/c19-9-8-13-10-15(12-18(11-13)16-6-7-16)17-14-4-2-1-3-5-14/h13-17,19H,1-12H2. The Morgan fingerprint density at radius 2 is 1.74 bits per heavy atom. The second-order valence-electron chi connectivity index (χ2n) is 7.00. The highest BCUT2D eigenvalue weighted by atomic mass is 16.3. The summed E-state index contributed by atoms with van der Waals surface area (Å²) in [4.78, 5) is 2.70. The summed E-state index contributed by atoms with van der Waals surface area (Å²) >= 11 is 0. The lowest BCUT2D eigenvalue weighted by atomic mass is 9.89. The Morgan fingerprint density at radius 3 is 2.42 bits per heavy atom. The van der Waals surface area contributed by atoms with E-state index in [1.165, 1.54) is 64.5 Å². The van der Waals surface area contributed by atoms with Gasteiger partial charge in [0.05, 0.1) is 0 Å². The molecule has 0 spiro atoms. The predicted octanol–water partition coefficient (Wildman–Crippen LogP) is 2.14. The SMILES string of the molecule is OCCC1CC(NC2CCCCC2)CN(C2CC2)C1. The number of rotatable bonds is 5. The van der Waals surface area contributed by atoms with Crippen molar-refractivity contribution in [3.05, 3.63) is 0 Å². The Hall–Kier alpha value is -0.120. The van der Waals surface area contributed by atoms with E-state index in [1.54, 1.807) is 0 Å². The van der Waals surface area contributed by atoms with Crippen molar-refractivity contribution in [2.24, 2.45) is 5.92 Å². The Kier molecular flexibility index (Phi) is 4.78. The molecule has 2 saturated carbocycles. The van der Waals surface area contributed by atoms with Crippen molar-refractivity contribution < 1.29 is 5.11 Å². The van der Waals surface area contributed by atoms with Gasteiger partial charge in [-0.3, -0.25) is 4.90 Å². The smallest absolute Gasteiger partial charge is 0.0434 e. The average Bonchev–Trinajstić information content (AvgIpc) is 3.24. The molecule has 1 aliphatic heterocycles. The van der Waals surface area contributed by atoms with Crippen LogP contribution in [0.15, 0.2) is 0 Å². The molecule has 1 saturated heterocycles. The summed E-state index contributed by atoms with van der Waals surface area (Å²) in [7, 11) is 0. The van der Waals surface area contributed by atoms with Crippen LogP contribution in [0, 0.1) is 5.92 Å². The third-order valence-corrected chi connectivity index (χ3v) is 5.24. The normalized spacial score (nSPS) is 34.6. The lowest BCUT2D eigenvalue weighted by Crippen LogP contribution is -2.52. The van der Waals surface area contributed by atoms with Crippen LogP contribution in [0.1, 0.15) is 57.8 Å². The molecule has 0 aromatic rings. The van der Waals surface area contributed by atoms with E-state index >= 15 is 0 Å². The first-order valence-electron chi connectivity index (χ1n) is 8.46. The van der Waals surface area contributed by atoms with Gasteiger partial charge < -0.3 is 10.4 Å². The lowest BCUT2D eigenvalue weighted by molar-refractivity contribution is 0.107. The van der Waals surface area contributed by atoms with Gasteiger partial charge in [-0.25, -0.2) is 0 Å². The van der Waals surface area contributed by atoms with Crippen LogP contribution in [0.5, 0.6) is 0 Å². The van der Waals surface area contributed by atoms with Gasteiger partial charge in [-0.05, 0) is 44.4 Å². The fourth-order valence-corrected chi connectivity index (χ4v) is 4.09. The van der Waals surface area contributed by atoms with Crippen LogP contribution in [0.2, 0.25) is 0 Å². The van der Waals surface area contributed by atoms with Gasteiger partial charge in [0.2, 0.25) is 0 Å².